The summed E-state index contributed by atoms with van der Waals surface area (Å²) in [5, 5.41) is 42.6. The molecule has 0 radical (unpaired) electrons. The minimum atomic E-state index is -4.11. The summed E-state index contributed by atoms with van der Waals surface area (Å²) in [6, 6.07) is 9.69. The van der Waals surface area contributed by atoms with Crippen LogP contribution in [0.1, 0.15) is 48.5 Å². The van der Waals surface area contributed by atoms with Crippen molar-refractivity contribution in [1.82, 2.24) is 69.0 Å². The monoisotopic (exact) mass is 1100 g/mol. The van der Waals surface area contributed by atoms with E-state index in [9.17, 15) is 54.5 Å². The van der Waals surface area contributed by atoms with Gasteiger partial charge >= 0.3 is 12.1 Å². The summed E-state index contributed by atoms with van der Waals surface area (Å²) < 4.78 is 114. The van der Waals surface area contributed by atoms with Crippen molar-refractivity contribution in [2.24, 2.45) is 0 Å². The highest BCUT2D eigenvalue weighted by atomic mass is 32.2. The van der Waals surface area contributed by atoms with Crippen LogP contribution in [0.25, 0.3) is 32.1 Å². The fraction of sp³-hybridized carbons (Fsp3) is 0.476. The molecule has 2 saturated carbocycles. The Hall–Kier alpha value is -6.84. The molecule has 2 aromatic carbocycles. The lowest BCUT2D eigenvalue weighted by atomic mass is 10.1. The number of sulfonamides is 2. The van der Waals surface area contributed by atoms with Crippen molar-refractivity contribution >= 4 is 88.0 Å². The minimum Gasteiger partial charge on any atom is -0.367 e. The normalized spacial score (nSPS) is 21.1. The number of urea groups is 2. The van der Waals surface area contributed by atoms with E-state index in [1.54, 1.807) is 33.7 Å². The van der Waals surface area contributed by atoms with Gasteiger partial charge in [0.1, 0.15) is 11.1 Å². The van der Waals surface area contributed by atoms with Gasteiger partial charge in [-0.25, -0.2) is 53.3 Å². The van der Waals surface area contributed by atoms with Crippen LogP contribution < -0.4 is 19.2 Å². The molecule has 2 aliphatic carbocycles. The van der Waals surface area contributed by atoms with Crippen molar-refractivity contribution in [2.75, 3.05) is 76.3 Å². The number of hydrogen-bond acceptors (Lipinski definition) is 18. The Kier molecular flexibility index (Phi) is 12.0. The lowest BCUT2D eigenvalue weighted by Crippen LogP contribution is -2.52. The molecule has 32 heteroatoms. The van der Waals surface area contributed by atoms with E-state index in [2.05, 4.69) is 40.0 Å². The van der Waals surface area contributed by atoms with E-state index in [-0.39, 0.29) is 44.2 Å². The van der Waals surface area contributed by atoms with Crippen LogP contribution in [0.2, 0.25) is 0 Å². The second-order valence-corrected chi connectivity index (χ2v) is 24.2. The molecule has 0 unspecified atom stereocenters. The number of aromatic nitrogens is 8. The van der Waals surface area contributed by atoms with Gasteiger partial charge in [-0.3, -0.25) is 0 Å². The largest absolute Gasteiger partial charge is 0.367 e. The van der Waals surface area contributed by atoms with Gasteiger partial charge in [0.05, 0.1) is 57.4 Å². The number of halogens is 4. The molecule has 6 fully saturated rings. The molecular formula is C42H42F4N18O6S4. The molecule has 74 heavy (non-hydrogen) atoms. The Morgan fingerprint density at radius 2 is 1.01 bits per heavy atom. The molecule has 24 nitrogen and oxygen atoms in total. The maximum absolute atomic E-state index is 13.4. The molecule has 6 aromatic rings. The average Bonchev–Trinajstić information content (AvgIpc) is 3.78. The molecule has 4 aliphatic heterocycles. The number of hydrogen-bond donors (Lipinski definition) is 2. The van der Waals surface area contributed by atoms with Crippen molar-refractivity contribution in [3.05, 3.63) is 46.7 Å². The van der Waals surface area contributed by atoms with Crippen molar-refractivity contribution < 1.29 is 44.0 Å². The van der Waals surface area contributed by atoms with Crippen LogP contribution in [-0.4, -0.2) is 178 Å². The highest BCUT2D eigenvalue weighted by Crippen LogP contribution is 2.41. The number of anilines is 2. The summed E-state index contributed by atoms with van der Waals surface area (Å²) in [4.78, 5) is 35.5. The second-order valence-electron chi connectivity index (χ2n) is 18.8. The number of rotatable bonds is 12. The van der Waals surface area contributed by atoms with E-state index in [1.807, 2.05) is 21.9 Å². The minimum absolute atomic E-state index is 0.0412. The smallest absolute Gasteiger partial charge is 0.320 e. The van der Waals surface area contributed by atoms with Crippen molar-refractivity contribution in [1.29, 1.82) is 10.5 Å². The Bertz CT molecular complexity index is 3350. The summed E-state index contributed by atoms with van der Waals surface area (Å²) in [7, 11) is -4.73. The molecule has 6 aliphatic rings. The first kappa shape index (κ1) is 49.4. The highest BCUT2D eigenvalue weighted by molar-refractivity contribution is 7.89. The standard InChI is InChI=1S/2C21H21F2N9O3S2/c2*1-29-9-12-10-30(4-5-31(12)20(29)33)15-6-13(37(34,35)28-21(11-24)2-3-21)7-16-14(15)8-25-32(16)19-27-26-18(36-19)17(22)23/h2*6-8,12,17,28H,2-5,9-10H2,1H3/t2*12-/m10/s1. The number of piperazine rings is 2. The molecule has 4 aromatic heterocycles. The van der Waals surface area contributed by atoms with Gasteiger partial charge in [0.2, 0.25) is 30.3 Å². The Morgan fingerprint density at radius 3 is 1.35 bits per heavy atom. The summed E-state index contributed by atoms with van der Waals surface area (Å²) in [6.07, 6.45) is -0.850. The first-order valence-corrected chi connectivity index (χ1v) is 27.5. The third-order valence-corrected chi connectivity index (χ3v) is 18.7. The number of carbonyl (C=O) groups is 2. The third kappa shape index (κ3) is 8.74. The molecular weight excluding hydrogens is 1060 g/mol. The number of nitrogens with zero attached hydrogens (tertiary/aromatic N) is 16. The lowest BCUT2D eigenvalue weighted by molar-refractivity contribution is 0.149. The molecule has 4 amide bonds. The fourth-order valence-electron chi connectivity index (χ4n) is 9.65. The maximum atomic E-state index is 13.4. The van der Waals surface area contributed by atoms with Crippen molar-refractivity contribution in [2.45, 2.75) is 71.5 Å². The Morgan fingerprint density at radius 1 is 0.622 bits per heavy atom. The molecule has 0 bridgehead atoms. The molecule has 4 saturated heterocycles. The van der Waals surface area contributed by atoms with Crippen LogP contribution in [0.5, 0.6) is 0 Å². The molecule has 0 spiro atoms. The number of carbonyl (C=O) groups excluding carboxylic acids is 2. The SMILES string of the molecule is CN1C[C@@H]2CN(c3cc(S(=O)(=O)NC4(C#N)CC4)cc4c3cnn4-c3nnc(C(F)F)s3)CCN2C1=O.CN1C[C@H]2CN(c3cc(S(=O)(=O)NC4(C#N)CC4)cc4c3cnn4-c3nnc(C(F)F)s3)CCN2C1=O. The molecule has 12 rings (SSSR count). The number of fused-ring (bicyclic) bond motifs is 4. The summed E-state index contributed by atoms with van der Waals surface area (Å²) >= 11 is 1.32. The van der Waals surface area contributed by atoms with E-state index >= 15 is 0 Å². The molecule has 2 atom stereocenters. The number of nitrogens with one attached hydrogen (secondary N) is 2. The number of alkyl halides is 4. The number of benzene rings is 2. The van der Waals surface area contributed by atoms with Crippen LogP contribution in [0.3, 0.4) is 0 Å². The van der Waals surface area contributed by atoms with Crippen molar-refractivity contribution in [3.63, 3.8) is 0 Å². The Balaban J connectivity index is 0.000000159. The molecule has 8 heterocycles. The number of likely N-dealkylation sites (N-methyl/N-ethyl adjacent to an activating group) is 2. The van der Waals surface area contributed by atoms with Crippen LogP contribution in [0, 0.1) is 22.7 Å². The van der Waals surface area contributed by atoms with E-state index in [0.29, 0.717) is 134 Å². The predicted octanol–water partition coefficient (Wildman–Crippen LogP) is 3.41. The molecule has 2 N–H and O–H groups in total. The third-order valence-electron chi connectivity index (χ3n) is 13.8. The zero-order valence-corrected chi connectivity index (χ0v) is 42.3. The van der Waals surface area contributed by atoms with Crippen molar-refractivity contribution in [3.8, 4) is 22.4 Å². The summed E-state index contributed by atoms with van der Waals surface area (Å²) in [5.74, 6) is 0. The lowest BCUT2D eigenvalue weighted by Gasteiger charge is -2.38. The van der Waals surface area contributed by atoms with E-state index in [4.69, 9.17) is 0 Å². The van der Waals surface area contributed by atoms with Gasteiger partial charge in [-0.2, -0.15) is 30.2 Å². The van der Waals surface area contributed by atoms with Gasteiger partial charge in [-0.15, -0.1) is 20.4 Å². The number of nitriles is 2. The van der Waals surface area contributed by atoms with E-state index in [0.717, 1.165) is 0 Å². The fourth-order valence-corrected chi connectivity index (χ4v) is 13.8. The van der Waals surface area contributed by atoms with Crippen LogP contribution in [-0.2, 0) is 20.0 Å². The summed E-state index contributed by atoms with van der Waals surface area (Å²) in [5.41, 5.74) is -0.408. The predicted molar refractivity (Wildman–Crippen MR) is 256 cm³/mol. The van der Waals surface area contributed by atoms with Gasteiger partial charge in [0.25, 0.3) is 12.9 Å². The topological polar surface area (TPSA) is 281 Å². The van der Waals surface area contributed by atoms with Gasteiger partial charge in [0, 0.05) is 88.6 Å². The zero-order chi connectivity index (χ0) is 52.2. The highest BCUT2D eigenvalue weighted by Gasteiger charge is 2.49. The van der Waals surface area contributed by atoms with Gasteiger partial charge in [-0.1, -0.05) is 22.7 Å². The first-order chi connectivity index (χ1) is 35.2. The van der Waals surface area contributed by atoms with Crippen LogP contribution >= 0.6 is 22.7 Å². The first-order valence-electron chi connectivity index (χ1n) is 22.9. The van der Waals surface area contributed by atoms with E-state index < -0.39 is 54.0 Å². The quantitative estimate of drug-likeness (QED) is 0.166. The van der Waals surface area contributed by atoms with Crippen LogP contribution in [0.4, 0.5) is 38.5 Å². The zero-order valence-electron chi connectivity index (χ0n) is 39.0. The van der Waals surface area contributed by atoms with Gasteiger partial charge in [-0.05, 0) is 49.9 Å². The van der Waals surface area contributed by atoms with Crippen LogP contribution in [0.15, 0.2) is 46.5 Å². The van der Waals surface area contributed by atoms with Gasteiger partial charge < -0.3 is 29.4 Å². The summed E-state index contributed by atoms with van der Waals surface area (Å²) in [6.45, 7) is 3.89. The second kappa shape index (κ2) is 17.9. The van der Waals surface area contributed by atoms with Gasteiger partial charge in [0.15, 0.2) is 10.0 Å². The van der Waals surface area contributed by atoms with E-state index in [1.165, 1.54) is 46.0 Å². The number of amides is 4. The average molecular weight is 1100 g/mol. The Labute approximate surface area is 426 Å². The maximum Gasteiger partial charge on any atom is 0.320 e. The molecule has 388 valence electrons.